The quantitative estimate of drug-likeness (QED) is 0.775. The summed E-state index contributed by atoms with van der Waals surface area (Å²) < 4.78 is 0. The summed E-state index contributed by atoms with van der Waals surface area (Å²) in [5.41, 5.74) is 1.44. The van der Waals surface area contributed by atoms with Crippen molar-refractivity contribution in [2.75, 3.05) is 20.1 Å². The smallest absolute Gasteiger partial charge is 0.251 e. The number of hydrogen-bond donors (Lipinski definition) is 3. The number of amides is 2. The molecule has 0 radical (unpaired) electrons. The molecule has 0 aromatic heterocycles. The van der Waals surface area contributed by atoms with Crippen LogP contribution in [0.5, 0.6) is 0 Å². The van der Waals surface area contributed by atoms with Crippen molar-refractivity contribution in [2.45, 2.75) is 32.2 Å². The van der Waals surface area contributed by atoms with Gasteiger partial charge in [0.2, 0.25) is 5.91 Å². The molecule has 2 aliphatic rings. The van der Waals surface area contributed by atoms with Gasteiger partial charge in [-0.15, -0.1) is 12.4 Å². The Morgan fingerprint density at radius 2 is 2.00 bits per heavy atom. The molecule has 1 aromatic rings. The standard InChI is InChI=1S/C18H25N3O2.ClH/c1-19-16(22)14-7-5-13(6-8-14)10-21-17(23)18-9-3-2-4-15(18)11-20-12-18;/h5-8,15,20H,2-4,9-12H2,1H3,(H,19,22)(H,21,23);1H/t15-,18+;/m0./s1. The van der Waals surface area contributed by atoms with Crippen LogP contribution in [-0.2, 0) is 11.3 Å². The van der Waals surface area contributed by atoms with Crippen LogP contribution in [0.15, 0.2) is 24.3 Å². The first kappa shape index (κ1) is 18.7. The van der Waals surface area contributed by atoms with Crippen LogP contribution in [0.1, 0.15) is 41.6 Å². The lowest BCUT2D eigenvalue weighted by molar-refractivity contribution is -0.134. The van der Waals surface area contributed by atoms with Crippen LogP contribution in [0.3, 0.4) is 0 Å². The van der Waals surface area contributed by atoms with E-state index in [1.165, 1.54) is 6.42 Å². The Kier molecular flexibility index (Phi) is 6.24. The fourth-order valence-electron chi connectivity index (χ4n) is 3.97. The fourth-order valence-corrected chi connectivity index (χ4v) is 3.97. The molecule has 0 spiro atoms. The van der Waals surface area contributed by atoms with Gasteiger partial charge in [0.1, 0.15) is 0 Å². The predicted molar refractivity (Wildman–Crippen MR) is 96.2 cm³/mol. The Bertz CT molecular complexity index is 590. The lowest BCUT2D eigenvalue weighted by Crippen LogP contribution is -2.47. The van der Waals surface area contributed by atoms with Crippen LogP contribution in [0.25, 0.3) is 0 Å². The SMILES string of the molecule is CNC(=O)c1ccc(CNC(=O)[C@@]23CCCC[C@H]2CNC3)cc1.Cl. The van der Waals surface area contributed by atoms with Crippen molar-refractivity contribution in [3.63, 3.8) is 0 Å². The minimum absolute atomic E-state index is 0. The number of hydrogen-bond acceptors (Lipinski definition) is 3. The molecule has 24 heavy (non-hydrogen) atoms. The van der Waals surface area contributed by atoms with Crippen molar-refractivity contribution in [2.24, 2.45) is 11.3 Å². The molecule has 132 valence electrons. The van der Waals surface area contributed by atoms with Crippen LogP contribution in [0, 0.1) is 11.3 Å². The summed E-state index contributed by atoms with van der Waals surface area (Å²) in [7, 11) is 1.62. The van der Waals surface area contributed by atoms with Gasteiger partial charge in [-0.25, -0.2) is 0 Å². The van der Waals surface area contributed by atoms with Gasteiger partial charge in [0, 0.05) is 25.7 Å². The van der Waals surface area contributed by atoms with Crippen molar-refractivity contribution < 1.29 is 9.59 Å². The second-order valence-electron chi connectivity index (χ2n) is 6.69. The molecule has 0 bridgehead atoms. The van der Waals surface area contributed by atoms with Crippen LogP contribution in [0.2, 0.25) is 0 Å². The topological polar surface area (TPSA) is 70.2 Å². The summed E-state index contributed by atoms with van der Waals surface area (Å²) in [5.74, 6) is 0.566. The first-order valence-electron chi connectivity index (χ1n) is 8.46. The van der Waals surface area contributed by atoms with E-state index in [2.05, 4.69) is 16.0 Å². The van der Waals surface area contributed by atoms with E-state index in [0.717, 1.165) is 37.9 Å². The van der Waals surface area contributed by atoms with E-state index in [4.69, 9.17) is 0 Å². The lowest BCUT2D eigenvalue weighted by Gasteiger charge is -2.37. The maximum Gasteiger partial charge on any atom is 0.251 e. The minimum atomic E-state index is -0.208. The Morgan fingerprint density at radius 3 is 2.71 bits per heavy atom. The Balaban J connectivity index is 0.00000208. The monoisotopic (exact) mass is 351 g/mol. The van der Waals surface area contributed by atoms with Crippen LogP contribution in [0.4, 0.5) is 0 Å². The number of halogens is 1. The predicted octanol–water partition coefficient (Wildman–Crippen LogP) is 1.86. The van der Waals surface area contributed by atoms with Gasteiger partial charge in [0.25, 0.3) is 5.91 Å². The van der Waals surface area contributed by atoms with Gasteiger partial charge in [-0.2, -0.15) is 0 Å². The van der Waals surface area contributed by atoms with Gasteiger partial charge in [-0.1, -0.05) is 25.0 Å². The molecule has 5 nitrogen and oxygen atoms in total. The van der Waals surface area contributed by atoms with Crippen molar-refractivity contribution in [1.29, 1.82) is 0 Å². The van der Waals surface area contributed by atoms with Gasteiger partial charge in [-0.3, -0.25) is 9.59 Å². The molecule has 1 aliphatic carbocycles. The van der Waals surface area contributed by atoms with E-state index in [1.807, 2.05) is 12.1 Å². The van der Waals surface area contributed by atoms with Crippen molar-refractivity contribution >= 4 is 24.2 Å². The molecule has 2 fully saturated rings. The molecule has 1 saturated heterocycles. The number of nitrogens with one attached hydrogen (secondary N) is 3. The van der Waals surface area contributed by atoms with E-state index >= 15 is 0 Å². The van der Waals surface area contributed by atoms with Gasteiger partial charge in [-0.05, 0) is 43.0 Å². The van der Waals surface area contributed by atoms with E-state index in [1.54, 1.807) is 19.2 Å². The van der Waals surface area contributed by atoms with Crippen molar-refractivity contribution in [3.8, 4) is 0 Å². The van der Waals surface area contributed by atoms with Crippen LogP contribution >= 0.6 is 12.4 Å². The Morgan fingerprint density at radius 1 is 1.25 bits per heavy atom. The summed E-state index contributed by atoms with van der Waals surface area (Å²) in [6, 6.07) is 7.37. The van der Waals surface area contributed by atoms with Crippen LogP contribution in [-0.4, -0.2) is 32.0 Å². The van der Waals surface area contributed by atoms with Gasteiger partial charge in [0.05, 0.1) is 5.41 Å². The summed E-state index contributed by atoms with van der Waals surface area (Å²) >= 11 is 0. The number of carbonyl (C=O) groups excluding carboxylic acids is 2. The normalized spacial score (nSPS) is 25.3. The van der Waals surface area contributed by atoms with Gasteiger partial charge < -0.3 is 16.0 Å². The second-order valence-corrected chi connectivity index (χ2v) is 6.69. The van der Waals surface area contributed by atoms with Crippen molar-refractivity contribution in [1.82, 2.24) is 16.0 Å². The third kappa shape index (κ3) is 3.57. The zero-order chi connectivity index (χ0) is 16.3. The summed E-state index contributed by atoms with van der Waals surface area (Å²) in [6.07, 6.45) is 4.53. The van der Waals surface area contributed by atoms with E-state index in [0.29, 0.717) is 18.0 Å². The molecule has 1 aromatic carbocycles. The molecule has 0 unspecified atom stereocenters. The lowest BCUT2D eigenvalue weighted by atomic mass is 9.67. The average Bonchev–Trinajstić information content (AvgIpc) is 3.04. The number of carbonyl (C=O) groups is 2. The van der Waals surface area contributed by atoms with E-state index < -0.39 is 0 Å². The first-order chi connectivity index (χ1) is 11.2. The van der Waals surface area contributed by atoms with Gasteiger partial charge >= 0.3 is 0 Å². The third-order valence-corrected chi connectivity index (χ3v) is 5.39. The highest BCUT2D eigenvalue weighted by Gasteiger charge is 2.49. The summed E-state index contributed by atoms with van der Waals surface area (Å²) in [6.45, 7) is 2.29. The van der Waals surface area contributed by atoms with Crippen LogP contribution < -0.4 is 16.0 Å². The molecule has 6 heteroatoms. The fraction of sp³-hybridized carbons (Fsp3) is 0.556. The number of rotatable bonds is 4. The maximum atomic E-state index is 12.8. The zero-order valence-electron chi connectivity index (χ0n) is 14.1. The molecule has 2 atom stereocenters. The molecule has 3 N–H and O–H groups in total. The highest BCUT2D eigenvalue weighted by Crippen LogP contribution is 2.43. The molecule has 3 rings (SSSR count). The van der Waals surface area contributed by atoms with Crippen molar-refractivity contribution in [3.05, 3.63) is 35.4 Å². The van der Waals surface area contributed by atoms with E-state index in [9.17, 15) is 9.59 Å². The molecule has 1 aliphatic heterocycles. The molecule has 1 heterocycles. The minimum Gasteiger partial charge on any atom is -0.355 e. The zero-order valence-corrected chi connectivity index (χ0v) is 14.9. The first-order valence-corrected chi connectivity index (χ1v) is 8.46. The molecular formula is C18H26ClN3O2. The highest BCUT2D eigenvalue weighted by molar-refractivity contribution is 5.94. The summed E-state index contributed by atoms with van der Waals surface area (Å²) in [4.78, 5) is 24.3. The summed E-state index contributed by atoms with van der Waals surface area (Å²) in [5, 5.41) is 9.12. The number of fused-ring (bicyclic) bond motifs is 1. The largest absolute Gasteiger partial charge is 0.355 e. The average molecular weight is 352 g/mol. The Hall–Kier alpha value is -1.59. The second kappa shape index (κ2) is 7.99. The molecule has 2 amide bonds. The maximum absolute atomic E-state index is 12.8. The third-order valence-electron chi connectivity index (χ3n) is 5.39. The molecular weight excluding hydrogens is 326 g/mol. The Labute approximate surface area is 149 Å². The number of benzene rings is 1. The molecule has 1 saturated carbocycles. The highest BCUT2D eigenvalue weighted by atomic mass is 35.5. The van der Waals surface area contributed by atoms with Gasteiger partial charge in [0.15, 0.2) is 0 Å². The van der Waals surface area contributed by atoms with E-state index in [-0.39, 0.29) is 29.6 Å².